The molecule has 0 unspecified atom stereocenters. The number of ether oxygens (including phenoxy) is 1. The maximum absolute atomic E-state index is 10.5. The first kappa shape index (κ1) is 12.7. The Hall–Kier alpha value is -1.73. The van der Waals surface area contributed by atoms with Crippen molar-refractivity contribution in [3.05, 3.63) is 50.3 Å². The minimum Gasteiger partial charge on any atom is -0.439 e. The maximum atomic E-state index is 10.5. The number of benzene rings is 1. The van der Waals surface area contributed by atoms with E-state index in [0.29, 0.717) is 10.5 Å². The average Bonchev–Trinajstić information content (AvgIpc) is 2.28. The number of nitrogens with zero attached hydrogens (tertiary/aromatic N) is 3. The lowest BCUT2D eigenvalue weighted by Gasteiger charge is -2.04. The molecule has 2 aromatic rings. The summed E-state index contributed by atoms with van der Waals surface area (Å²) in [7, 11) is 0. The second-order valence-corrected chi connectivity index (χ2v) is 4.25. The molecule has 18 heavy (non-hydrogen) atoms. The van der Waals surface area contributed by atoms with Crippen LogP contribution in [0.5, 0.6) is 11.6 Å². The van der Waals surface area contributed by atoms with E-state index < -0.39 is 4.92 Å². The zero-order valence-corrected chi connectivity index (χ0v) is 11.1. The smallest absolute Gasteiger partial charge is 0.269 e. The van der Waals surface area contributed by atoms with Crippen molar-refractivity contribution in [2.24, 2.45) is 0 Å². The van der Waals surface area contributed by atoms with Crippen LogP contribution in [0.2, 0.25) is 5.15 Å². The molecule has 92 valence electrons. The van der Waals surface area contributed by atoms with Crippen LogP contribution in [-0.2, 0) is 0 Å². The normalized spacial score (nSPS) is 10.1. The molecule has 0 fully saturated rings. The highest BCUT2D eigenvalue weighted by Crippen LogP contribution is 2.24. The van der Waals surface area contributed by atoms with Gasteiger partial charge >= 0.3 is 0 Å². The molecule has 0 bridgehead atoms. The van der Waals surface area contributed by atoms with Gasteiger partial charge in [-0.15, -0.1) is 0 Å². The van der Waals surface area contributed by atoms with E-state index in [1.165, 1.54) is 30.3 Å². The van der Waals surface area contributed by atoms with Crippen molar-refractivity contribution in [3.8, 4) is 11.6 Å². The molecule has 0 saturated carbocycles. The molecular weight excluding hydrogens is 325 g/mol. The van der Waals surface area contributed by atoms with Gasteiger partial charge in [-0.05, 0) is 28.1 Å². The summed E-state index contributed by atoms with van der Waals surface area (Å²) in [6.07, 6.45) is 0. The van der Waals surface area contributed by atoms with Gasteiger partial charge in [-0.3, -0.25) is 10.1 Å². The zero-order chi connectivity index (χ0) is 13.1. The quantitative estimate of drug-likeness (QED) is 0.372. The third-order valence-corrected chi connectivity index (χ3v) is 2.46. The van der Waals surface area contributed by atoms with Crippen LogP contribution in [0, 0.1) is 10.1 Å². The predicted octanol–water partition coefficient (Wildman–Crippen LogP) is 3.59. The number of halogens is 2. The largest absolute Gasteiger partial charge is 0.439 e. The Morgan fingerprint density at radius 3 is 2.50 bits per heavy atom. The molecule has 1 heterocycles. The van der Waals surface area contributed by atoms with E-state index in [4.69, 9.17) is 16.3 Å². The number of hydrogen-bond donors (Lipinski definition) is 0. The SMILES string of the molecule is O=[N+]([O-])c1ccc(Oc2cc(Cl)nc(Br)n2)cc1. The van der Waals surface area contributed by atoms with Crippen LogP contribution in [0.1, 0.15) is 0 Å². The Morgan fingerprint density at radius 1 is 1.28 bits per heavy atom. The second-order valence-electron chi connectivity index (χ2n) is 3.15. The fraction of sp³-hybridized carbons (Fsp3) is 0. The number of rotatable bonds is 3. The average molecular weight is 331 g/mol. The summed E-state index contributed by atoms with van der Waals surface area (Å²) in [5.74, 6) is 0.665. The second kappa shape index (κ2) is 5.28. The Bertz CT molecular complexity index is 571. The van der Waals surface area contributed by atoms with Crippen LogP contribution in [0.25, 0.3) is 0 Å². The van der Waals surface area contributed by atoms with Gasteiger partial charge in [0.2, 0.25) is 10.6 Å². The summed E-state index contributed by atoms with van der Waals surface area (Å²) in [6, 6.07) is 7.07. The van der Waals surface area contributed by atoms with Crippen molar-refractivity contribution >= 4 is 33.2 Å². The van der Waals surface area contributed by atoms with E-state index in [9.17, 15) is 10.1 Å². The lowest BCUT2D eigenvalue weighted by Crippen LogP contribution is -1.92. The van der Waals surface area contributed by atoms with Gasteiger partial charge in [0.05, 0.1) is 4.92 Å². The first-order chi connectivity index (χ1) is 8.54. The van der Waals surface area contributed by atoms with E-state index in [1.807, 2.05) is 0 Å². The number of hydrogen-bond acceptors (Lipinski definition) is 5. The molecule has 6 nitrogen and oxygen atoms in total. The fourth-order valence-electron chi connectivity index (χ4n) is 1.18. The van der Waals surface area contributed by atoms with Crippen LogP contribution in [0.4, 0.5) is 5.69 Å². The van der Waals surface area contributed by atoms with E-state index in [2.05, 4.69) is 25.9 Å². The van der Waals surface area contributed by atoms with E-state index >= 15 is 0 Å². The molecule has 0 aliphatic rings. The minimum absolute atomic E-state index is 0.00995. The highest BCUT2D eigenvalue weighted by molar-refractivity contribution is 9.10. The number of non-ortho nitro benzene ring substituents is 1. The summed E-state index contributed by atoms with van der Waals surface area (Å²) in [5.41, 5.74) is -0.00995. The number of nitro benzene ring substituents is 1. The summed E-state index contributed by atoms with van der Waals surface area (Å²) in [5, 5.41) is 10.7. The highest BCUT2D eigenvalue weighted by Gasteiger charge is 2.07. The van der Waals surface area contributed by atoms with Crippen molar-refractivity contribution < 1.29 is 9.66 Å². The molecule has 0 aliphatic carbocycles. The molecule has 2 rings (SSSR count). The fourth-order valence-corrected chi connectivity index (χ4v) is 1.82. The topological polar surface area (TPSA) is 78.2 Å². The monoisotopic (exact) mass is 329 g/mol. The molecule has 0 N–H and O–H groups in total. The van der Waals surface area contributed by atoms with E-state index in [1.54, 1.807) is 0 Å². The molecule has 1 aromatic carbocycles. The van der Waals surface area contributed by atoms with Crippen molar-refractivity contribution in [2.45, 2.75) is 0 Å². The van der Waals surface area contributed by atoms with Gasteiger partial charge in [0, 0.05) is 18.2 Å². The third kappa shape index (κ3) is 3.14. The Balaban J connectivity index is 2.20. The van der Waals surface area contributed by atoms with Gasteiger partial charge in [-0.2, -0.15) is 4.98 Å². The van der Waals surface area contributed by atoms with E-state index in [0.717, 1.165) is 0 Å². The van der Waals surface area contributed by atoms with Gasteiger partial charge in [-0.1, -0.05) is 11.6 Å². The van der Waals surface area contributed by atoms with Crippen LogP contribution >= 0.6 is 27.5 Å². The molecule has 0 saturated heterocycles. The Labute approximate surface area is 115 Å². The van der Waals surface area contributed by atoms with Crippen LogP contribution in [-0.4, -0.2) is 14.9 Å². The molecular formula is C10H5BrClN3O3. The Morgan fingerprint density at radius 2 is 1.94 bits per heavy atom. The van der Waals surface area contributed by atoms with Crippen molar-refractivity contribution in [1.82, 2.24) is 9.97 Å². The maximum Gasteiger partial charge on any atom is 0.269 e. The van der Waals surface area contributed by atoms with E-state index in [-0.39, 0.29) is 16.7 Å². The van der Waals surface area contributed by atoms with Gasteiger partial charge in [0.15, 0.2) is 0 Å². The van der Waals surface area contributed by atoms with Gasteiger partial charge in [-0.25, -0.2) is 4.98 Å². The van der Waals surface area contributed by atoms with Crippen LogP contribution in [0.3, 0.4) is 0 Å². The molecule has 0 aliphatic heterocycles. The summed E-state index contributed by atoms with van der Waals surface area (Å²) in [6.45, 7) is 0. The van der Waals surface area contributed by atoms with Crippen molar-refractivity contribution in [2.75, 3.05) is 0 Å². The predicted molar refractivity (Wildman–Crippen MR) is 67.9 cm³/mol. The first-order valence-corrected chi connectivity index (χ1v) is 5.84. The number of nitro groups is 1. The van der Waals surface area contributed by atoms with Crippen molar-refractivity contribution in [3.63, 3.8) is 0 Å². The molecule has 0 atom stereocenters. The Kier molecular flexibility index (Phi) is 3.73. The van der Waals surface area contributed by atoms with Gasteiger partial charge in [0.1, 0.15) is 10.9 Å². The molecule has 1 aromatic heterocycles. The molecule has 8 heteroatoms. The minimum atomic E-state index is -0.484. The van der Waals surface area contributed by atoms with Crippen molar-refractivity contribution in [1.29, 1.82) is 0 Å². The van der Waals surface area contributed by atoms with Crippen LogP contribution < -0.4 is 4.74 Å². The molecule has 0 radical (unpaired) electrons. The summed E-state index contributed by atoms with van der Waals surface area (Å²) < 4.78 is 5.68. The summed E-state index contributed by atoms with van der Waals surface area (Å²) in [4.78, 5) is 17.8. The summed E-state index contributed by atoms with van der Waals surface area (Å²) >= 11 is 8.81. The third-order valence-electron chi connectivity index (χ3n) is 1.91. The van der Waals surface area contributed by atoms with Crippen LogP contribution in [0.15, 0.2) is 35.1 Å². The first-order valence-electron chi connectivity index (χ1n) is 4.67. The standard InChI is InChI=1S/C10H5BrClN3O3/c11-10-13-8(12)5-9(14-10)18-7-3-1-6(2-4-7)15(16)17/h1-5H. The highest BCUT2D eigenvalue weighted by atomic mass is 79.9. The number of aromatic nitrogens is 2. The lowest BCUT2D eigenvalue weighted by molar-refractivity contribution is -0.384. The zero-order valence-electron chi connectivity index (χ0n) is 8.71. The van der Waals surface area contributed by atoms with Gasteiger partial charge in [0.25, 0.3) is 5.69 Å². The lowest BCUT2D eigenvalue weighted by atomic mass is 10.3. The molecule has 0 amide bonds. The molecule has 0 spiro atoms. The van der Waals surface area contributed by atoms with Gasteiger partial charge < -0.3 is 4.74 Å².